The van der Waals surface area contributed by atoms with Crippen LogP contribution < -0.4 is 16.0 Å². The Kier molecular flexibility index (Phi) is 2.74. The van der Waals surface area contributed by atoms with Crippen LogP contribution in [-0.2, 0) is 0 Å². The topological polar surface area (TPSA) is 68.1 Å². The number of nitrogens with two attached hydrogens (primary N) is 1. The number of H-pyrrole nitrogens is 1. The molecule has 0 saturated heterocycles. The highest BCUT2D eigenvalue weighted by molar-refractivity contribution is 9.10. The summed E-state index contributed by atoms with van der Waals surface area (Å²) in [5.41, 5.74) is 4.14. The molecule has 0 aliphatic heterocycles. The number of ether oxygens (including phenoxy) is 1. The third kappa shape index (κ3) is 2.66. The SMILES string of the molecule is Nc1cc(=O)[nH]c(Br)c1OC(F)(F)F. The smallest absolute Gasteiger partial charge is 0.401 e. The number of hydrogen-bond donors (Lipinski definition) is 2. The summed E-state index contributed by atoms with van der Waals surface area (Å²) in [6.07, 6.45) is -4.85. The number of rotatable bonds is 1. The fraction of sp³-hybridized carbons (Fsp3) is 0.167. The van der Waals surface area contributed by atoms with E-state index in [1.165, 1.54) is 0 Å². The molecule has 14 heavy (non-hydrogen) atoms. The molecule has 0 radical (unpaired) electrons. The van der Waals surface area contributed by atoms with Gasteiger partial charge in [0.2, 0.25) is 0 Å². The normalized spacial score (nSPS) is 11.4. The van der Waals surface area contributed by atoms with Gasteiger partial charge in [0, 0.05) is 6.07 Å². The van der Waals surface area contributed by atoms with Crippen LogP contribution in [0.2, 0.25) is 0 Å². The minimum Gasteiger partial charge on any atom is -0.401 e. The summed E-state index contributed by atoms with van der Waals surface area (Å²) in [4.78, 5) is 12.8. The van der Waals surface area contributed by atoms with Gasteiger partial charge in [-0.15, -0.1) is 13.2 Å². The van der Waals surface area contributed by atoms with E-state index >= 15 is 0 Å². The first-order valence-electron chi connectivity index (χ1n) is 3.23. The number of aromatic amines is 1. The van der Waals surface area contributed by atoms with Crippen molar-refractivity contribution in [1.82, 2.24) is 4.98 Å². The molecule has 0 amide bonds. The minimum absolute atomic E-state index is 0.250. The molecule has 0 unspecified atom stereocenters. The molecule has 1 rings (SSSR count). The zero-order valence-corrected chi connectivity index (χ0v) is 8.07. The van der Waals surface area contributed by atoms with Crippen molar-refractivity contribution in [2.75, 3.05) is 5.73 Å². The Labute approximate surface area is 84.0 Å². The van der Waals surface area contributed by atoms with E-state index in [2.05, 4.69) is 25.7 Å². The Bertz CT molecular complexity index is 375. The van der Waals surface area contributed by atoms with Crippen molar-refractivity contribution >= 4 is 21.6 Å². The Balaban J connectivity index is 3.16. The zero-order valence-electron chi connectivity index (χ0n) is 6.48. The summed E-state index contributed by atoms with van der Waals surface area (Å²) >= 11 is 2.69. The van der Waals surface area contributed by atoms with Crippen LogP contribution in [0.1, 0.15) is 0 Å². The van der Waals surface area contributed by atoms with E-state index < -0.39 is 23.4 Å². The maximum absolute atomic E-state index is 11.8. The number of nitrogen functional groups attached to an aromatic ring is 1. The van der Waals surface area contributed by atoms with Gasteiger partial charge in [-0.3, -0.25) is 4.79 Å². The molecule has 0 bridgehead atoms. The Morgan fingerprint density at radius 3 is 2.50 bits per heavy atom. The van der Waals surface area contributed by atoms with Crippen molar-refractivity contribution in [3.8, 4) is 5.75 Å². The average molecular weight is 273 g/mol. The molecule has 4 nitrogen and oxygen atoms in total. The van der Waals surface area contributed by atoms with E-state index in [1.54, 1.807) is 0 Å². The minimum atomic E-state index is -4.85. The van der Waals surface area contributed by atoms with Gasteiger partial charge in [0.25, 0.3) is 5.56 Å². The predicted molar refractivity (Wildman–Crippen MR) is 45.9 cm³/mol. The molecule has 0 aromatic carbocycles. The molecular weight excluding hydrogens is 269 g/mol. The maximum Gasteiger partial charge on any atom is 0.573 e. The first kappa shape index (κ1) is 10.9. The summed E-state index contributed by atoms with van der Waals surface area (Å²) in [7, 11) is 0. The van der Waals surface area contributed by atoms with Gasteiger partial charge in [0.05, 0.1) is 5.69 Å². The lowest BCUT2D eigenvalue weighted by molar-refractivity contribution is -0.274. The number of halogens is 4. The van der Waals surface area contributed by atoms with Crippen molar-refractivity contribution in [2.24, 2.45) is 0 Å². The van der Waals surface area contributed by atoms with E-state index in [1.807, 2.05) is 0 Å². The molecule has 1 heterocycles. The number of aromatic nitrogens is 1. The number of hydrogen-bond acceptors (Lipinski definition) is 3. The monoisotopic (exact) mass is 272 g/mol. The predicted octanol–water partition coefficient (Wildman–Crippen LogP) is 1.62. The van der Waals surface area contributed by atoms with E-state index in [4.69, 9.17) is 5.73 Å². The van der Waals surface area contributed by atoms with Gasteiger partial charge < -0.3 is 15.5 Å². The molecule has 8 heteroatoms. The lowest BCUT2D eigenvalue weighted by atomic mass is 10.4. The molecule has 0 aliphatic rings. The van der Waals surface area contributed by atoms with E-state index in [9.17, 15) is 18.0 Å². The van der Waals surface area contributed by atoms with Crippen LogP contribution in [0.15, 0.2) is 15.5 Å². The molecule has 0 aliphatic carbocycles. The highest BCUT2D eigenvalue weighted by atomic mass is 79.9. The molecule has 0 spiro atoms. The quantitative estimate of drug-likeness (QED) is 0.764. The summed E-state index contributed by atoms with van der Waals surface area (Å²) < 4.78 is 38.8. The standard InChI is InChI=1S/C6H4BrF3N2O2/c7-5-4(14-6(8,9)10)2(11)1-3(13)12-5/h1H,(H3,11,12,13). The summed E-state index contributed by atoms with van der Waals surface area (Å²) in [5.74, 6) is -0.655. The van der Waals surface area contributed by atoms with Crippen molar-refractivity contribution in [1.29, 1.82) is 0 Å². The van der Waals surface area contributed by atoms with E-state index in [0.29, 0.717) is 0 Å². The lowest BCUT2D eigenvalue weighted by Gasteiger charge is -2.11. The van der Waals surface area contributed by atoms with Crippen molar-refractivity contribution in [3.63, 3.8) is 0 Å². The van der Waals surface area contributed by atoms with Crippen LogP contribution in [-0.4, -0.2) is 11.3 Å². The maximum atomic E-state index is 11.8. The number of nitrogens with one attached hydrogen (secondary N) is 1. The third-order valence-electron chi connectivity index (χ3n) is 1.20. The average Bonchev–Trinajstić information content (AvgIpc) is 1.95. The largest absolute Gasteiger partial charge is 0.573 e. The molecule has 0 atom stereocenters. The van der Waals surface area contributed by atoms with E-state index in [0.717, 1.165) is 6.07 Å². The highest BCUT2D eigenvalue weighted by Crippen LogP contribution is 2.32. The summed E-state index contributed by atoms with van der Waals surface area (Å²) in [5, 5.41) is 0. The fourth-order valence-electron chi connectivity index (χ4n) is 0.754. The molecule has 0 saturated carbocycles. The van der Waals surface area contributed by atoms with Crippen LogP contribution >= 0.6 is 15.9 Å². The number of pyridine rings is 1. The van der Waals surface area contributed by atoms with Crippen LogP contribution in [0, 0.1) is 0 Å². The second-order valence-corrected chi connectivity index (χ2v) is 3.07. The van der Waals surface area contributed by atoms with Crippen LogP contribution in [0.25, 0.3) is 0 Å². The van der Waals surface area contributed by atoms with E-state index in [-0.39, 0.29) is 4.60 Å². The molecule has 0 fully saturated rings. The van der Waals surface area contributed by atoms with Gasteiger partial charge in [-0.1, -0.05) is 0 Å². The van der Waals surface area contributed by atoms with Gasteiger partial charge in [-0.05, 0) is 15.9 Å². The van der Waals surface area contributed by atoms with Gasteiger partial charge in [0.1, 0.15) is 4.60 Å². The van der Waals surface area contributed by atoms with Crippen LogP contribution in [0.4, 0.5) is 18.9 Å². The van der Waals surface area contributed by atoms with Crippen molar-refractivity contribution in [3.05, 3.63) is 21.0 Å². The van der Waals surface area contributed by atoms with Crippen LogP contribution in [0.5, 0.6) is 5.75 Å². The number of alkyl halides is 3. The van der Waals surface area contributed by atoms with Gasteiger partial charge >= 0.3 is 6.36 Å². The van der Waals surface area contributed by atoms with Crippen molar-refractivity contribution < 1.29 is 17.9 Å². The third-order valence-corrected chi connectivity index (χ3v) is 1.76. The Hall–Kier alpha value is -1.18. The fourth-order valence-corrected chi connectivity index (χ4v) is 1.26. The Morgan fingerprint density at radius 1 is 1.50 bits per heavy atom. The molecule has 78 valence electrons. The van der Waals surface area contributed by atoms with Gasteiger partial charge in [0.15, 0.2) is 5.75 Å². The summed E-state index contributed by atoms with van der Waals surface area (Å²) in [6, 6.07) is 0.797. The first-order chi connectivity index (χ1) is 6.29. The Morgan fingerprint density at radius 2 is 2.07 bits per heavy atom. The highest BCUT2D eigenvalue weighted by Gasteiger charge is 2.33. The van der Waals surface area contributed by atoms with Gasteiger partial charge in [-0.25, -0.2) is 0 Å². The zero-order chi connectivity index (χ0) is 10.9. The lowest BCUT2D eigenvalue weighted by Crippen LogP contribution is -2.20. The van der Waals surface area contributed by atoms with Crippen molar-refractivity contribution in [2.45, 2.75) is 6.36 Å². The molecule has 1 aromatic heterocycles. The number of anilines is 1. The summed E-state index contributed by atoms with van der Waals surface area (Å²) in [6.45, 7) is 0. The second-order valence-electron chi connectivity index (χ2n) is 2.28. The first-order valence-corrected chi connectivity index (χ1v) is 4.03. The second kappa shape index (κ2) is 3.52. The molecular formula is C6H4BrF3N2O2. The molecule has 1 aromatic rings. The van der Waals surface area contributed by atoms with Gasteiger partial charge in [-0.2, -0.15) is 0 Å². The molecule has 3 N–H and O–H groups in total. The van der Waals surface area contributed by atoms with Crippen LogP contribution in [0.3, 0.4) is 0 Å².